The summed E-state index contributed by atoms with van der Waals surface area (Å²) in [5.41, 5.74) is 1.20. The first kappa shape index (κ1) is 24.0. The van der Waals surface area contributed by atoms with Gasteiger partial charge in [-0.25, -0.2) is 13.4 Å². The lowest BCUT2D eigenvalue weighted by Gasteiger charge is -2.14. The van der Waals surface area contributed by atoms with Gasteiger partial charge in [-0.3, -0.25) is 9.52 Å². The number of hydrogen-bond acceptors (Lipinski definition) is 6. The average molecular weight is 494 g/mol. The van der Waals surface area contributed by atoms with Gasteiger partial charge in [0.1, 0.15) is 15.5 Å². The van der Waals surface area contributed by atoms with Crippen molar-refractivity contribution in [3.63, 3.8) is 0 Å². The lowest BCUT2D eigenvalue weighted by atomic mass is 10.1. The Morgan fingerprint density at radius 2 is 1.94 bits per heavy atom. The molecule has 0 aliphatic heterocycles. The van der Waals surface area contributed by atoms with Crippen LogP contribution in [0.2, 0.25) is 5.02 Å². The third-order valence-corrected chi connectivity index (χ3v) is 7.35. The standard InChI is InChI=1S/C22H24ClN3O4S2/c1-13(2)11-20-24-14(3)21(31-20)22(27)25-15-9-10-18(30-4)19(12-15)32(28,29)26-17-8-6-5-7-16(17)23/h5-10,12-13,26H,11H2,1-4H3,(H,25,27). The van der Waals surface area contributed by atoms with E-state index in [9.17, 15) is 13.2 Å². The summed E-state index contributed by atoms with van der Waals surface area (Å²) in [6.45, 7) is 5.96. The average Bonchev–Trinajstić information content (AvgIpc) is 3.09. The maximum absolute atomic E-state index is 13.0. The summed E-state index contributed by atoms with van der Waals surface area (Å²) >= 11 is 7.43. The van der Waals surface area contributed by atoms with Crippen molar-refractivity contribution in [2.75, 3.05) is 17.1 Å². The van der Waals surface area contributed by atoms with Crippen molar-refractivity contribution in [2.24, 2.45) is 5.92 Å². The van der Waals surface area contributed by atoms with E-state index in [-0.39, 0.29) is 27.3 Å². The van der Waals surface area contributed by atoms with Crippen LogP contribution in [0.3, 0.4) is 0 Å². The molecule has 1 amide bonds. The molecule has 1 aromatic heterocycles. The SMILES string of the molecule is COc1ccc(NC(=O)c2sc(CC(C)C)nc2C)cc1S(=O)(=O)Nc1ccccc1Cl. The van der Waals surface area contributed by atoms with Crippen LogP contribution >= 0.6 is 22.9 Å². The molecule has 0 radical (unpaired) electrons. The summed E-state index contributed by atoms with van der Waals surface area (Å²) in [5.74, 6) is 0.217. The zero-order valence-corrected chi connectivity index (χ0v) is 20.5. The van der Waals surface area contributed by atoms with E-state index in [0.29, 0.717) is 22.2 Å². The van der Waals surface area contributed by atoms with Crippen LogP contribution in [0, 0.1) is 12.8 Å². The van der Waals surface area contributed by atoms with Gasteiger partial charge in [-0.15, -0.1) is 11.3 Å². The number of sulfonamides is 1. The lowest BCUT2D eigenvalue weighted by Crippen LogP contribution is -2.16. The number of anilines is 2. The van der Waals surface area contributed by atoms with Crippen LogP contribution in [0.1, 0.15) is 34.2 Å². The van der Waals surface area contributed by atoms with Crippen LogP contribution < -0.4 is 14.8 Å². The highest BCUT2D eigenvalue weighted by molar-refractivity contribution is 7.92. The molecule has 0 fully saturated rings. The van der Waals surface area contributed by atoms with E-state index < -0.39 is 10.0 Å². The van der Waals surface area contributed by atoms with Gasteiger partial charge in [0.25, 0.3) is 15.9 Å². The zero-order valence-electron chi connectivity index (χ0n) is 18.1. The maximum atomic E-state index is 13.0. The zero-order chi connectivity index (χ0) is 23.5. The van der Waals surface area contributed by atoms with Crippen LogP contribution in [0.5, 0.6) is 5.75 Å². The van der Waals surface area contributed by atoms with Crippen molar-refractivity contribution in [3.05, 3.63) is 63.1 Å². The molecule has 3 aromatic rings. The molecule has 170 valence electrons. The van der Waals surface area contributed by atoms with Gasteiger partial charge in [-0.05, 0) is 43.2 Å². The molecular weight excluding hydrogens is 470 g/mol. The van der Waals surface area contributed by atoms with Crippen LogP contribution in [0.4, 0.5) is 11.4 Å². The largest absolute Gasteiger partial charge is 0.495 e. The second-order valence-electron chi connectivity index (χ2n) is 7.53. The van der Waals surface area contributed by atoms with Crippen LogP contribution in [-0.4, -0.2) is 26.4 Å². The van der Waals surface area contributed by atoms with Crippen molar-refractivity contribution in [2.45, 2.75) is 32.1 Å². The minimum atomic E-state index is -4.04. The summed E-state index contributed by atoms with van der Waals surface area (Å²) in [6, 6.07) is 10.9. The van der Waals surface area contributed by atoms with Crippen molar-refractivity contribution in [3.8, 4) is 5.75 Å². The van der Waals surface area contributed by atoms with Crippen molar-refractivity contribution in [1.82, 2.24) is 4.98 Å². The minimum absolute atomic E-state index is 0.126. The number of benzene rings is 2. The predicted molar refractivity (Wildman–Crippen MR) is 129 cm³/mol. The number of nitrogens with zero attached hydrogens (tertiary/aromatic N) is 1. The van der Waals surface area contributed by atoms with Crippen LogP contribution in [-0.2, 0) is 16.4 Å². The van der Waals surface area contributed by atoms with E-state index in [1.807, 2.05) is 0 Å². The Hall–Kier alpha value is -2.62. The second kappa shape index (κ2) is 9.89. The van der Waals surface area contributed by atoms with E-state index in [1.54, 1.807) is 37.3 Å². The molecule has 0 aliphatic carbocycles. The molecule has 0 atom stereocenters. The van der Waals surface area contributed by atoms with Gasteiger partial charge in [-0.1, -0.05) is 37.6 Å². The van der Waals surface area contributed by atoms with E-state index in [1.165, 1.54) is 30.6 Å². The molecule has 7 nitrogen and oxygen atoms in total. The summed E-state index contributed by atoms with van der Waals surface area (Å²) < 4.78 is 33.8. The number of aryl methyl sites for hydroxylation is 1. The number of carbonyl (C=O) groups excluding carboxylic acids is 1. The summed E-state index contributed by atoms with van der Waals surface area (Å²) in [6.07, 6.45) is 0.789. The third-order valence-electron chi connectivity index (χ3n) is 4.46. The van der Waals surface area contributed by atoms with Crippen molar-refractivity contribution in [1.29, 1.82) is 0 Å². The van der Waals surface area contributed by atoms with Gasteiger partial charge in [-0.2, -0.15) is 0 Å². The van der Waals surface area contributed by atoms with E-state index in [2.05, 4.69) is 28.9 Å². The maximum Gasteiger partial charge on any atom is 0.267 e. The van der Waals surface area contributed by atoms with Crippen LogP contribution in [0.25, 0.3) is 0 Å². The molecule has 3 rings (SSSR count). The predicted octanol–water partition coefficient (Wildman–Crippen LogP) is 5.37. The summed E-state index contributed by atoms with van der Waals surface area (Å²) in [7, 11) is -2.67. The molecule has 0 bridgehead atoms. The Labute approximate surface area is 196 Å². The van der Waals surface area contributed by atoms with Crippen molar-refractivity contribution >= 4 is 50.2 Å². The fourth-order valence-electron chi connectivity index (χ4n) is 3.00. The number of amides is 1. The Morgan fingerprint density at radius 3 is 2.59 bits per heavy atom. The topological polar surface area (TPSA) is 97.4 Å². The highest BCUT2D eigenvalue weighted by atomic mass is 35.5. The number of carbonyl (C=O) groups is 1. The second-order valence-corrected chi connectivity index (χ2v) is 10.7. The molecule has 0 spiro atoms. The molecule has 10 heteroatoms. The Morgan fingerprint density at radius 1 is 1.22 bits per heavy atom. The van der Waals surface area contributed by atoms with Gasteiger partial charge >= 0.3 is 0 Å². The van der Waals surface area contributed by atoms with E-state index in [0.717, 1.165) is 11.4 Å². The number of nitrogens with one attached hydrogen (secondary N) is 2. The number of methoxy groups -OCH3 is 1. The molecule has 32 heavy (non-hydrogen) atoms. The van der Waals surface area contributed by atoms with Crippen molar-refractivity contribution < 1.29 is 17.9 Å². The fourth-order valence-corrected chi connectivity index (χ4v) is 5.68. The molecule has 0 aliphatic rings. The molecule has 1 heterocycles. The number of ether oxygens (including phenoxy) is 1. The van der Waals surface area contributed by atoms with Crippen LogP contribution in [0.15, 0.2) is 47.4 Å². The summed E-state index contributed by atoms with van der Waals surface area (Å²) in [5, 5.41) is 3.92. The number of thiazole rings is 1. The van der Waals surface area contributed by atoms with Gasteiger partial charge in [0.15, 0.2) is 0 Å². The molecule has 0 unspecified atom stereocenters. The molecule has 2 N–H and O–H groups in total. The minimum Gasteiger partial charge on any atom is -0.495 e. The monoisotopic (exact) mass is 493 g/mol. The molecule has 2 aromatic carbocycles. The smallest absolute Gasteiger partial charge is 0.267 e. The van der Waals surface area contributed by atoms with Gasteiger partial charge < -0.3 is 10.1 Å². The van der Waals surface area contributed by atoms with E-state index in [4.69, 9.17) is 16.3 Å². The first-order chi connectivity index (χ1) is 15.1. The Bertz CT molecular complexity index is 1240. The molecule has 0 saturated carbocycles. The highest BCUT2D eigenvalue weighted by Gasteiger charge is 2.23. The lowest BCUT2D eigenvalue weighted by molar-refractivity contribution is 0.102. The number of halogens is 1. The first-order valence-corrected chi connectivity index (χ1v) is 12.5. The highest BCUT2D eigenvalue weighted by Crippen LogP contribution is 2.31. The molecule has 0 saturated heterocycles. The fraction of sp³-hybridized carbons (Fsp3) is 0.273. The number of rotatable bonds is 8. The number of aromatic nitrogens is 1. The Kier molecular flexibility index (Phi) is 7.43. The Balaban J connectivity index is 1.89. The normalized spacial score (nSPS) is 11.4. The number of para-hydroxylation sites is 1. The van der Waals surface area contributed by atoms with Gasteiger partial charge in [0, 0.05) is 12.1 Å². The first-order valence-electron chi connectivity index (χ1n) is 9.83. The van der Waals surface area contributed by atoms with Gasteiger partial charge in [0.2, 0.25) is 0 Å². The van der Waals surface area contributed by atoms with E-state index >= 15 is 0 Å². The van der Waals surface area contributed by atoms with Gasteiger partial charge in [0.05, 0.1) is 28.5 Å². The summed E-state index contributed by atoms with van der Waals surface area (Å²) in [4.78, 5) is 17.7. The number of hydrogen-bond donors (Lipinski definition) is 2. The third kappa shape index (κ3) is 5.59. The quantitative estimate of drug-likeness (QED) is 0.440. The molecular formula is C22H24ClN3O4S2.